The fourth-order valence-corrected chi connectivity index (χ4v) is 0.988. The van der Waals surface area contributed by atoms with Gasteiger partial charge in [-0.05, 0) is 20.3 Å². The molecule has 0 aliphatic heterocycles. The fraction of sp³-hybridized carbons (Fsp3) is 1.00. The van der Waals surface area contributed by atoms with E-state index in [1.54, 1.807) is 13.3 Å². The third-order valence-corrected chi connectivity index (χ3v) is 1.77. The maximum absolute atomic E-state index is 11.1. The van der Waals surface area contributed by atoms with Gasteiger partial charge < -0.3 is 9.30 Å². The lowest BCUT2D eigenvalue weighted by atomic mass is 10.0. The van der Waals surface area contributed by atoms with Gasteiger partial charge in [-0.3, -0.25) is 0 Å². The second kappa shape index (κ2) is 4.20. The second-order valence-electron chi connectivity index (χ2n) is 2.92. The number of rotatable bonds is 4. The Morgan fingerprint density at radius 1 is 1.60 bits per heavy atom. The Labute approximate surface area is 64.1 Å². The van der Waals surface area contributed by atoms with Crippen molar-refractivity contribution in [2.75, 3.05) is 19.7 Å². The summed E-state index contributed by atoms with van der Waals surface area (Å²) in [7, 11) is 3.28. The van der Waals surface area contributed by atoms with Gasteiger partial charge in [-0.1, -0.05) is 6.32 Å². The van der Waals surface area contributed by atoms with E-state index < -0.39 is 7.14 Å². The van der Waals surface area contributed by atoms with Gasteiger partial charge in [0.25, 0.3) is 0 Å². The van der Waals surface area contributed by atoms with Gasteiger partial charge in [-0.25, -0.2) is 0 Å². The normalized spacial score (nSPS) is 15.1. The molecule has 0 heterocycles. The third-order valence-electron chi connectivity index (χ3n) is 1.00. The molecule has 0 amide bonds. The Balaban J connectivity index is 3.46. The van der Waals surface area contributed by atoms with Crippen LogP contribution in [-0.2, 0) is 9.30 Å². The third kappa shape index (κ3) is 6.38. The lowest BCUT2D eigenvalue weighted by Crippen LogP contribution is -2.07. The molecule has 0 bridgehead atoms. The van der Waals surface area contributed by atoms with Crippen LogP contribution in [0.3, 0.4) is 0 Å². The second-order valence-corrected chi connectivity index (χ2v) is 6.32. The summed E-state index contributed by atoms with van der Waals surface area (Å²) in [6.45, 7) is 5.28. The first kappa shape index (κ1) is 10.3. The Morgan fingerprint density at radius 3 is 2.40 bits per heavy atom. The van der Waals surface area contributed by atoms with Crippen LogP contribution in [0.4, 0.5) is 0 Å². The molecule has 0 fully saturated rings. The van der Waals surface area contributed by atoms with Crippen molar-refractivity contribution in [1.82, 2.24) is 0 Å². The zero-order valence-electron chi connectivity index (χ0n) is 6.83. The van der Waals surface area contributed by atoms with Gasteiger partial charge >= 0.3 is 0 Å². The summed E-state index contributed by atoms with van der Waals surface area (Å²) in [6.07, 6.45) is 0.846. The fourth-order valence-electron chi connectivity index (χ4n) is 0.375. The van der Waals surface area contributed by atoms with Crippen molar-refractivity contribution in [3.63, 3.8) is 0 Å². The number of hydrogen-bond acceptors (Lipinski definition) is 2. The van der Waals surface area contributed by atoms with Crippen LogP contribution >= 0.6 is 7.14 Å². The van der Waals surface area contributed by atoms with Crippen LogP contribution in [0.2, 0.25) is 6.32 Å². The summed E-state index contributed by atoms with van der Waals surface area (Å²) in [5, 5.41) is 0. The molecule has 0 saturated carbocycles. The van der Waals surface area contributed by atoms with Crippen LogP contribution in [-0.4, -0.2) is 33.6 Å². The Kier molecular flexibility index (Phi) is 4.31. The molecule has 0 aliphatic carbocycles. The molecule has 0 unspecified atom stereocenters. The van der Waals surface area contributed by atoms with Gasteiger partial charge in [-0.15, -0.1) is 0 Å². The Hall–Kier alpha value is 0.255. The predicted octanol–water partition coefficient (Wildman–Crippen LogP) is 1.56. The molecule has 4 heteroatoms. The van der Waals surface area contributed by atoms with Gasteiger partial charge in [0.05, 0.1) is 14.2 Å². The van der Waals surface area contributed by atoms with Crippen LogP contribution in [0.25, 0.3) is 0 Å². The highest BCUT2D eigenvalue weighted by Gasteiger charge is 2.08. The minimum absolute atomic E-state index is 0.0215. The summed E-state index contributed by atoms with van der Waals surface area (Å²) in [5.74, 6) is 0. The van der Waals surface area contributed by atoms with Crippen LogP contribution in [0.5, 0.6) is 0 Å². The molecule has 2 radical (unpaired) electrons. The van der Waals surface area contributed by atoms with Crippen LogP contribution in [0.15, 0.2) is 0 Å². The van der Waals surface area contributed by atoms with E-state index in [0.717, 1.165) is 0 Å². The highest BCUT2D eigenvalue weighted by molar-refractivity contribution is 7.62. The Morgan fingerprint density at radius 2 is 2.10 bits per heavy atom. The van der Waals surface area contributed by atoms with Crippen LogP contribution in [0.1, 0.15) is 6.92 Å². The quantitative estimate of drug-likeness (QED) is 0.460. The van der Waals surface area contributed by atoms with Gasteiger partial charge in [-0.2, -0.15) is 0 Å². The largest absolute Gasteiger partial charge is 0.372 e. The van der Waals surface area contributed by atoms with Gasteiger partial charge in [0.1, 0.15) is 7.14 Å². The van der Waals surface area contributed by atoms with E-state index in [1.807, 2.05) is 6.92 Å². The molecule has 0 saturated heterocycles. The lowest BCUT2D eigenvalue weighted by molar-refractivity contribution is 0.115. The van der Waals surface area contributed by atoms with E-state index in [9.17, 15) is 4.57 Å². The zero-order chi connectivity index (χ0) is 8.20. The summed E-state index contributed by atoms with van der Waals surface area (Å²) < 4.78 is 16.2. The first-order valence-electron chi connectivity index (χ1n) is 3.31. The molecule has 0 N–H and O–H groups in total. The smallest absolute Gasteiger partial charge is 0.106 e. The van der Waals surface area contributed by atoms with Crippen molar-refractivity contribution >= 4 is 15.0 Å². The molecule has 0 aliphatic rings. The highest BCUT2D eigenvalue weighted by atomic mass is 31.2. The SMILES string of the molecule is [B]C[C@@H](C)OCP(C)(C)=O. The molecular formula is C6H14BO2P. The van der Waals surface area contributed by atoms with Crippen LogP contribution < -0.4 is 0 Å². The molecule has 0 spiro atoms. The van der Waals surface area contributed by atoms with Gasteiger partial charge in [0.15, 0.2) is 0 Å². The number of ether oxygens (including phenoxy) is 1. The first-order chi connectivity index (χ1) is 4.45. The van der Waals surface area contributed by atoms with E-state index in [2.05, 4.69) is 0 Å². The van der Waals surface area contributed by atoms with Crippen molar-refractivity contribution in [1.29, 1.82) is 0 Å². The van der Waals surface area contributed by atoms with E-state index in [0.29, 0.717) is 12.7 Å². The maximum Gasteiger partial charge on any atom is 0.106 e. The monoisotopic (exact) mass is 160 g/mol. The van der Waals surface area contributed by atoms with Crippen molar-refractivity contribution in [3.8, 4) is 0 Å². The van der Waals surface area contributed by atoms with Crippen molar-refractivity contribution < 1.29 is 9.30 Å². The van der Waals surface area contributed by atoms with E-state index >= 15 is 0 Å². The summed E-state index contributed by atoms with van der Waals surface area (Å²) >= 11 is 0. The van der Waals surface area contributed by atoms with Gasteiger partial charge in [0, 0.05) is 6.10 Å². The molecule has 0 rings (SSSR count). The summed E-state index contributed by atoms with van der Waals surface area (Å²) in [5.41, 5.74) is 0. The molecule has 0 aromatic heterocycles. The highest BCUT2D eigenvalue weighted by Crippen LogP contribution is 2.35. The molecule has 0 aromatic carbocycles. The first-order valence-corrected chi connectivity index (χ1v) is 6.10. The predicted molar refractivity (Wildman–Crippen MR) is 45.4 cm³/mol. The number of hydrogen-bond donors (Lipinski definition) is 0. The molecule has 0 aromatic rings. The summed E-state index contributed by atoms with van der Waals surface area (Å²) in [4.78, 5) is 0. The van der Waals surface area contributed by atoms with Crippen LogP contribution in [0, 0.1) is 0 Å². The lowest BCUT2D eigenvalue weighted by Gasteiger charge is -2.12. The minimum atomic E-state index is -2.01. The van der Waals surface area contributed by atoms with Crippen molar-refractivity contribution in [2.45, 2.75) is 19.3 Å². The van der Waals surface area contributed by atoms with E-state index in [-0.39, 0.29) is 6.10 Å². The molecule has 58 valence electrons. The standard InChI is InChI=1S/C6H14BO2P/c1-6(4-7)9-5-10(2,3)8/h6H,4-5H2,1-3H3/t6-/m1/s1. The molecule has 2 nitrogen and oxygen atoms in total. The van der Waals surface area contributed by atoms with Crippen molar-refractivity contribution in [2.24, 2.45) is 0 Å². The van der Waals surface area contributed by atoms with E-state index in [4.69, 9.17) is 12.6 Å². The molecule has 10 heavy (non-hydrogen) atoms. The maximum atomic E-state index is 11.1. The molecular weight excluding hydrogens is 146 g/mol. The van der Waals surface area contributed by atoms with Crippen molar-refractivity contribution in [3.05, 3.63) is 0 Å². The molecule has 1 atom stereocenters. The topological polar surface area (TPSA) is 26.3 Å². The minimum Gasteiger partial charge on any atom is -0.372 e. The Bertz CT molecular complexity index is 132. The van der Waals surface area contributed by atoms with E-state index in [1.165, 1.54) is 0 Å². The average Bonchev–Trinajstić information content (AvgIpc) is 1.81. The summed E-state index contributed by atoms with van der Waals surface area (Å²) in [6, 6.07) is 0. The van der Waals surface area contributed by atoms with Gasteiger partial charge in [0.2, 0.25) is 0 Å². The average molecular weight is 160 g/mol. The zero-order valence-corrected chi connectivity index (χ0v) is 7.73.